The van der Waals surface area contributed by atoms with E-state index in [0.29, 0.717) is 12.6 Å². The molecule has 5 heteroatoms. The molecule has 1 aliphatic rings. The molecule has 1 saturated heterocycles. The number of rotatable bonds is 9. The Morgan fingerprint density at radius 1 is 1.29 bits per heavy atom. The topological polar surface area (TPSA) is 24.5 Å². The van der Waals surface area contributed by atoms with Crippen molar-refractivity contribution < 1.29 is 13.5 Å². The van der Waals surface area contributed by atoms with Crippen LogP contribution in [0.1, 0.15) is 26.2 Å². The zero-order valence-corrected chi connectivity index (χ0v) is 10.6. The minimum absolute atomic E-state index is 0.410. The predicted octanol–water partition coefficient (Wildman–Crippen LogP) is 1.73. The summed E-state index contributed by atoms with van der Waals surface area (Å²) in [5.74, 6) is 0. The zero-order chi connectivity index (χ0) is 12.5. The Labute approximate surface area is 103 Å². The number of halogens is 2. The van der Waals surface area contributed by atoms with Crippen LogP contribution in [0.5, 0.6) is 0 Å². The molecule has 0 bridgehead atoms. The van der Waals surface area contributed by atoms with Crippen molar-refractivity contribution in [3.63, 3.8) is 0 Å². The fourth-order valence-corrected chi connectivity index (χ4v) is 2.11. The van der Waals surface area contributed by atoms with Gasteiger partial charge in [-0.25, -0.2) is 8.78 Å². The van der Waals surface area contributed by atoms with Crippen molar-refractivity contribution in [1.29, 1.82) is 0 Å². The van der Waals surface area contributed by atoms with Gasteiger partial charge in [0.15, 0.2) is 0 Å². The minimum Gasteiger partial charge on any atom is -0.375 e. The summed E-state index contributed by atoms with van der Waals surface area (Å²) in [4.78, 5) is 2.46. The molecule has 1 atom stereocenters. The van der Waals surface area contributed by atoms with Gasteiger partial charge in [-0.3, -0.25) is 0 Å². The number of nitrogens with one attached hydrogen (secondary N) is 1. The van der Waals surface area contributed by atoms with Crippen LogP contribution in [0.25, 0.3) is 0 Å². The van der Waals surface area contributed by atoms with E-state index in [0.717, 1.165) is 19.5 Å². The highest BCUT2D eigenvalue weighted by molar-refractivity contribution is 4.72. The van der Waals surface area contributed by atoms with Crippen LogP contribution < -0.4 is 5.32 Å². The van der Waals surface area contributed by atoms with Gasteiger partial charge in [0.25, 0.3) is 6.43 Å². The molecule has 1 heterocycles. The van der Waals surface area contributed by atoms with Gasteiger partial charge in [0, 0.05) is 19.2 Å². The van der Waals surface area contributed by atoms with Gasteiger partial charge in [-0.05, 0) is 45.8 Å². The van der Waals surface area contributed by atoms with Crippen molar-refractivity contribution in [2.75, 3.05) is 39.4 Å². The number of hydrogen-bond acceptors (Lipinski definition) is 3. The third-order valence-corrected chi connectivity index (χ3v) is 2.93. The lowest BCUT2D eigenvalue weighted by Gasteiger charge is -2.21. The second kappa shape index (κ2) is 8.78. The maximum Gasteiger partial charge on any atom is 0.261 e. The molecule has 1 fully saturated rings. The Hall–Kier alpha value is -0.260. The highest BCUT2D eigenvalue weighted by Crippen LogP contribution is 2.07. The summed E-state index contributed by atoms with van der Waals surface area (Å²) >= 11 is 0. The molecule has 0 aromatic heterocycles. The smallest absolute Gasteiger partial charge is 0.261 e. The van der Waals surface area contributed by atoms with Crippen LogP contribution in [-0.4, -0.2) is 56.8 Å². The first-order valence-electron chi connectivity index (χ1n) is 6.50. The van der Waals surface area contributed by atoms with E-state index in [1.807, 2.05) is 0 Å². The molecule has 0 aliphatic carbocycles. The molecule has 0 aromatic carbocycles. The Balaban J connectivity index is 1.87. The maximum absolute atomic E-state index is 11.8. The lowest BCUT2D eigenvalue weighted by molar-refractivity contribution is 0.0166. The van der Waals surface area contributed by atoms with Crippen molar-refractivity contribution in [1.82, 2.24) is 10.2 Å². The van der Waals surface area contributed by atoms with E-state index in [4.69, 9.17) is 4.74 Å². The van der Waals surface area contributed by atoms with Crippen LogP contribution in [0.3, 0.4) is 0 Å². The average molecular weight is 250 g/mol. The van der Waals surface area contributed by atoms with Gasteiger partial charge in [0.05, 0.1) is 0 Å². The standard InChI is InChI=1S/C12H24F2N2O/c1-11(9-16-6-2-3-7-16)15-5-4-8-17-10-12(13)14/h11-12,15H,2-10H2,1H3. The number of likely N-dealkylation sites (tertiary alicyclic amines) is 1. The molecule has 1 N–H and O–H groups in total. The summed E-state index contributed by atoms with van der Waals surface area (Å²) in [6, 6.07) is 0.461. The number of alkyl halides is 2. The maximum atomic E-state index is 11.8. The molecule has 3 nitrogen and oxygen atoms in total. The largest absolute Gasteiger partial charge is 0.375 e. The highest BCUT2D eigenvalue weighted by atomic mass is 19.3. The molecular formula is C12H24F2N2O. The normalized spacial score (nSPS) is 19.1. The Bertz CT molecular complexity index is 187. The number of hydrogen-bond donors (Lipinski definition) is 1. The lowest BCUT2D eigenvalue weighted by atomic mass is 10.3. The van der Waals surface area contributed by atoms with Crippen molar-refractivity contribution in [3.8, 4) is 0 Å². The monoisotopic (exact) mass is 250 g/mol. The van der Waals surface area contributed by atoms with Crippen molar-refractivity contribution in [3.05, 3.63) is 0 Å². The van der Waals surface area contributed by atoms with E-state index in [9.17, 15) is 8.78 Å². The average Bonchev–Trinajstić information content (AvgIpc) is 2.75. The van der Waals surface area contributed by atoms with Gasteiger partial charge in [0.1, 0.15) is 6.61 Å². The first-order chi connectivity index (χ1) is 8.18. The van der Waals surface area contributed by atoms with Crippen LogP contribution >= 0.6 is 0 Å². The molecule has 0 aromatic rings. The fourth-order valence-electron chi connectivity index (χ4n) is 2.11. The lowest BCUT2D eigenvalue weighted by Crippen LogP contribution is -2.38. The van der Waals surface area contributed by atoms with Crippen LogP contribution in [0.2, 0.25) is 0 Å². The SMILES string of the molecule is CC(CN1CCCC1)NCCCOCC(F)F. The van der Waals surface area contributed by atoms with Crippen molar-refractivity contribution in [2.45, 2.75) is 38.7 Å². The summed E-state index contributed by atoms with van der Waals surface area (Å²) in [6.07, 6.45) is 1.07. The molecule has 102 valence electrons. The summed E-state index contributed by atoms with van der Waals surface area (Å²) in [5.41, 5.74) is 0. The Kier molecular flexibility index (Phi) is 7.64. The second-order valence-corrected chi connectivity index (χ2v) is 4.68. The second-order valence-electron chi connectivity index (χ2n) is 4.68. The molecule has 0 spiro atoms. The van der Waals surface area contributed by atoms with Crippen molar-refractivity contribution in [2.24, 2.45) is 0 Å². The molecule has 1 unspecified atom stereocenters. The zero-order valence-electron chi connectivity index (χ0n) is 10.6. The van der Waals surface area contributed by atoms with Gasteiger partial charge in [-0.15, -0.1) is 0 Å². The summed E-state index contributed by atoms with van der Waals surface area (Å²) in [7, 11) is 0. The van der Waals surface area contributed by atoms with E-state index < -0.39 is 13.0 Å². The van der Waals surface area contributed by atoms with Gasteiger partial charge < -0.3 is 15.0 Å². The third-order valence-electron chi connectivity index (χ3n) is 2.93. The fraction of sp³-hybridized carbons (Fsp3) is 1.00. The number of ether oxygens (including phenoxy) is 1. The van der Waals surface area contributed by atoms with Crippen LogP contribution in [0.15, 0.2) is 0 Å². The summed E-state index contributed by atoms with van der Waals surface area (Å²) in [5, 5.41) is 3.39. The van der Waals surface area contributed by atoms with E-state index in [1.165, 1.54) is 25.9 Å². The van der Waals surface area contributed by atoms with Gasteiger partial charge >= 0.3 is 0 Å². The molecule has 0 saturated carbocycles. The van der Waals surface area contributed by atoms with E-state index in [1.54, 1.807) is 0 Å². The molecule has 1 rings (SSSR count). The van der Waals surface area contributed by atoms with E-state index in [2.05, 4.69) is 17.1 Å². The van der Waals surface area contributed by atoms with E-state index in [-0.39, 0.29) is 0 Å². The predicted molar refractivity (Wildman–Crippen MR) is 64.6 cm³/mol. The van der Waals surface area contributed by atoms with Gasteiger partial charge in [-0.2, -0.15) is 0 Å². The molecular weight excluding hydrogens is 226 g/mol. The van der Waals surface area contributed by atoms with Gasteiger partial charge in [0.2, 0.25) is 0 Å². The minimum atomic E-state index is -2.35. The third kappa shape index (κ3) is 7.63. The highest BCUT2D eigenvalue weighted by Gasteiger charge is 2.13. The molecule has 0 radical (unpaired) electrons. The first kappa shape index (κ1) is 14.8. The molecule has 1 aliphatic heterocycles. The van der Waals surface area contributed by atoms with Crippen LogP contribution in [-0.2, 0) is 4.74 Å². The summed E-state index contributed by atoms with van der Waals surface area (Å²) < 4.78 is 28.3. The summed E-state index contributed by atoms with van der Waals surface area (Å²) in [6.45, 7) is 6.47. The molecule has 0 amide bonds. The first-order valence-corrected chi connectivity index (χ1v) is 6.50. The quantitative estimate of drug-likeness (QED) is 0.631. The van der Waals surface area contributed by atoms with E-state index >= 15 is 0 Å². The Morgan fingerprint density at radius 2 is 2.00 bits per heavy atom. The Morgan fingerprint density at radius 3 is 2.65 bits per heavy atom. The van der Waals surface area contributed by atoms with Crippen LogP contribution in [0, 0.1) is 0 Å². The molecule has 17 heavy (non-hydrogen) atoms. The van der Waals surface area contributed by atoms with Gasteiger partial charge in [-0.1, -0.05) is 0 Å². The number of nitrogens with zero attached hydrogens (tertiary/aromatic N) is 1. The van der Waals surface area contributed by atoms with Crippen LogP contribution in [0.4, 0.5) is 8.78 Å². The van der Waals surface area contributed by atoms with Crippen molar-refractivity contribution >= 4 is 0 Å².